The molecule has 0 saturated heterocycles. The Kier molecular flexibility index (Phi) is 3.97. The van der Waals surface area contributed by atoms with Gasteiger partial charge in [0, 0.05) is 18.8 Å². The molecule has 2 aliphatic carbocycles. The van der Waals surface area contributed by atoms with Gasteiger partial charge in [-0.25, -0.2) is 4.98 Å². The van der Waals surface area contributed by atoms with Gasteiger partial charge in [0.05, 0.1) is 11.9 Å². The van der Waals surface area contributed by atoms with Crippen molar-refractivity contribution in [2.75, 3.05) is 0 Å². The van der Waals surface area contributed by atoms with Crippen LogP contribution in [0.1, 0.15) is 51.1 Å². The van der Waals surface area contributed by atoms with Crippen LogP contribution in [0.25, 0.3) is 0 Å². The van der Waals surface area contributed by atoms with Gasteiger partial charge >= 0.3 is 0 Å². The van der Waals surface area contributed by atoms with Crippen LogP contribution in [0.4, 0.5) is 0 Å². The van der Waals surface area contributed by atoms with Gasteiger partial charge in [-0.15, -0.1) is 0 Å². The summed E-state index contributed by atoms with van der Waals surface area (Å²) in [6.07, 6.45) is 11.5. The Hall–Kier alpha value is -1.16. The second-order valence-electron chi connectivity index (χ2n) is 5.92. The summed E-state index contributed by atoms with van der Waals surface area (Å²) in [5, 5.41) is 3.45. The lowest BCUT2D eigenvalue weighted by Gasteiger charge is -2.28. The second kappa shape index (κ2) is 5.87. The van der Waals surface area contributed by atoms with Crippen LogP contribution >= 0.6 is 0 Å². The van der Waals surface area contributed by atoms with Crippen molar-refractivity contribution < 1.29 is 4.74 Å². The number of aromatic nitrogens is 2. The SMILES string of the molecule is CC1CCCCC1Oc1cncc(CNC2CC2)n1. The maximum absolute atomic E-state index is 6.03. The maximum atomic E-state index is 6.03. The average Bonchev–Trinajstić information content (AvgIpc) is 3.24. The zero-order valence-electron chi connectivity index (χ0n) is 11.6. The van der Waals surface area contributed by atoms with Gasteiger partial charge in [-0.1, -0.05) is 13.3 Å². The summed E-state index contributed by atoms with van der Waals surface area (Å²) in [6.45, 7) is 3.07. The maximum Gasteiger partial charge on any atom is 0.232 e. The third-order valence-corrected chi connectivity index (χ3v) is 4.12. The lowest BCUT2D eigenvalue weighted by Crippen LogP contribution is -2.28. The molecule has 0 bridgehead atoms. The van der Waals surface area contributed by atoms with Crippen molar-refractivity contribution in [3.05, 3.63) is 18.1 Å². The van der Waals surface area contributed by atoms with Gasteiger partial charge in [0.1, 0.15) is 6.10 Å². The molecule has 104 valence electrons. The third kappa shape index (κ3) is 3.66. The average molecular weight is 261 g/mol. The van der Waals surface area contributed by atoms with Crippen LogP contribution in [0.2, 0.25) is 0 Å². The minimum Gasteiger partial charge on any atom is -0.473 e. The fourth-order valence-electron chi connectivity index (χ4n) is 2.68. The normalized spacial score (nSPS) is 27.2. The first-order valence-corrected chi connectivity index (χ1v) is 7.52. The predicted octanol–water partition coefficient (Wildman–Crippen LogP) is 2.69. The monoisotopic (exact) mass is 261 g/mol. The molecule has 0 amide bonds. The molecule has 19 heavy (non-hydrogen) atoms. The number of rotatable bonds is 5. The van der Waals surface area contributed by atoms with E-state index in [9.17, 15) is 0 Å². The van der Waals surface area contributed by atoms with Crippen LogP contribution in [-0.4, -0.2) is 22.1 Å². The van der Waals surface area contributed by atoms with Crippen molar-refractivity contribution in [2.45, 2.75) is 64.1 Å². The molecule has 3 rings (SSSR count). The number of nitrogens with zero attached hydrogens (tertiary/aromatic N) is 2. The van der Waals surface area contributed by atoms with Crippen LogP contribution in [-0.2, 0) is 6.54 Å². The zero-order valence-corrected chi connectivity index (χ0v) is 11.6. The van der Waals surface area contributed by atoms with Crippen molar-refractivity contribution in [3.8, 4) is 5.88 Å². The Morgan fingerprint density at radius 3 is 2.84 bits per heavy atom. The van der Waals surface area contributed by atoms with Gasteiger partial charge in [-0.05, 0) is 38.0 Å². The summed E-state index contributed by atoms with van der Waals surface area (Å²) < 4.78 is 6.03. The van der Waals surface area contributed by atoms with Crippen LogP contribution in [0.3, 0.4) is 0 Å². The minimum atomic E-state index is 0.315. The first-order valence-electron chi connectivity index (χ1n) is 7.52. The first kappa shape index (κ1) is 12.9. The van der Waals surface area contributed by atoms with Gasteiger partial charge in [0.15, 0.2) is 0 Å². The Morgan fingerprint density at radius 2 is 2.05 bits per heavy atom. The van der Waals surface area contributed by atoms with Crippen LogP contribution in [0.5, 0.6) is 5.88 Å². The Morgan fingerprint density at radius 1 is 1.21 bits per heavy atom. The summed E-state index contributed by atoms with van der Waals surface area (Å²) >= 11 is 0. The van der Waals surface area contributed by atoms with E-state index in [4.69, 9.17) is 4.74 Å². The second-order valence-corrected chi connectivity index (χ2v) is 5.92. The van der Waals surface area contributed by atoms with Gasteiger partial charge < -0.3 is 10.1 Å². The lowest BCUT2D eigenvalue weighted by atomic mass is 9.88. The smallest absolute Gasteiger partial charge is 0.232 e. The summed E-state index contributed by atoms with van der Waals surface area (Å²) in [7, 11) is 0. The highest BCUT2D eigenvalue weighted by Gasteiger charge is 2.23. The lowest BCUT2D eigenvalue weighted by molar-refractivity contribution is 0.0968. The van der Waals surface area contributed by atoms with Crippen LogP contribution < -0.4 is 10.1 Å². The molecule has 4 nitrogen and oxygen atoms in total. The molecule has 2 saturated carbocycles. The van der Waals surface area contributed by atoms with E-state index >= 15 is 0 Å². The molecule has 0 radical (unpaired) electrons. The van der Waals surface area contributed by atoms with Gasteiger partial charge in [-0.2, -0.15) is 0 Å². The van der Waals surface area contributed by atoms with Gasteiger partial charge in [0.2, 0.25) is 5.88 Å². The van der Waals surface area contributed by atoms with E-state index in [-0.39, 0.29) is 0 Å². The number of nitrogens with one attached hydrogen (secondary N) is 1. The molecule has 2 atom stereocenters. The largest absolute Gasteiger partial charge is 0.473 e. The standard InChI is InChI=1S/C15H23N3O/c1-11-4-2-3-5-14(11)19-15-10-16-8-13(18-15)9-17-12-6-7-12/h8,10-12,14,17H,2-7,9H2,1H3. The van der Waals surface area contributed by atoms with Crippen molar-refractivity contribution >= 4 is 0 Å². The summed E-state index contributed by atoms with van der Waals surface area (Å²) in [5.74, 6) is 1.32. The fraction of sp³-hybridized carbons (Fsp3) is 0.733. The molecule has 1 heterocycles. The molecule has 0 aromatic carbocycles. The van der Waals surface area contributed by atoms with Gasteiger partial charge in [0.25, 0.3) is 0 Å². The van der Waals surface area contributed by atoms with Crippen molar-refractivity contribution in [3.63, 3.8) is 0 Å². The molecule has 1 aromatic heterocycles. The Labute approximate surface area is 115 Å². The van der Waals surface area contributed by atoms with E-state index in [2.05, 4.69) is 22.2 Å². The van der Waals surface area contributed by atoms with E-state index < -0.39 is 0 Å². The first-order chi connectivity index (χ1) is 9.31. The zero-order chi connectivity index (χ0) is 13.1. The number of ether oxygens (including phenoxy) is 1. The molecular formula is C15H23N3O. The van der Waals surface area contributed by atoms with E-state index in [1.54, 1.807) is 6.20 Å². The third-order valence-electron chi connectivity index (χ3n) is 4.12. The summed E-state index contributed by atoms with van der Waals surface area (Å²) in [6, 6.07) is 0.699. The van der Waals surface area contributed by atoms with E-state index in [1.165, 1.54) is 32.1 Å². The molecule has 2 aliphatic rings. The van der Waals surface area contributed by atoms with E-state index in [0.29, 0.717) is 23.9 Å². The molecule has 0 spiro atoms. The number of hydrogen-bond acceptors (Lipinski definition) is 4. The highest BCUT2D eigenvalue weighted by atomic mass is 16.5. The van der Waals surface area contributed by atoms with E-state index in [0.717, 1.165) is 18.7 Å². The van der Waals surface area contributed by atoms with Gasteiger partial charge in [-0.3, -0.25) is 4.98 Å². The Bertz CT molecular complexity index is 420. The predicted molar refractivity (Wildman–Crippen MR) is 73.9 cm³/mol. The molecule has 2 fully saturated rings. The highest BCUT2D eigenvalue weighted by molar-refractivity contribution is 5.09. The molecule has 2 unspecified atom stereocenters. The molecule has 1 N–H and O–H groups in total. The van der Waals surface area contributed by atoms with Crippen LogP contribution in [0.15, 0.2) is 12.4 Å². The molecular weight excluding hydrogens is 238 g/mol. The van der Waals surface area contributed by atoms with Crippen molar-refractivity contribution in [2.24, 2.45) is 5.92 Å². The number of hydrogen-bond donors (Lipinski definition) is 1. The fourth-order valence-corrected chi connectivity index (χ4v) is 2.68. The molecule has 4 heteroatoms. The molecule has 0 aliphatic heterocycles. The topological polar surface area (TPSA) is 47.0 Å². The van der Waals surface area contributed by atoms with Crippen molar-refractivity contribution in [1.82, 2.24) is 15.3 Å². The summed E-state index contributed by atoms with van der Waals surface area (Å²) in [5.41, 5.74) is 0.980. The van der Waals surface area contributed by atoms with E-state index in [1.807, 2.05) is 6.20 Å². The van der Waals surface area contributed by atoms with Crippen LogP contribution in [0, 0.1) is 5.92 Å². The highest BCUT2D eigenvalue weighted by Crippen LogP contribution is 2.27. The quantitative estimate of drug-likeness (QED) is 0.885. The Balaban J connectivity index is 1.58. The minimum absolute atomic E-state index is 0.315. The molecule has 1 aromatic rings. The van der Waals surface area contributed by atoms with Crippen molar-refractivity contribution in [1.29, 1.82) is 0 Å². The summed E-state index contributed by atoms with van der Waals surface area (Å²) in [4.78, 5) is 8.80.